The maximum atomic E-state index is 13.6. The summed E-state index contributed by atoms with van der Waals surface area (Å²) in [5, 5.41) is 12.0. The summed E-state index contributed by atoms with van der Waals surface area (Å²) in [4.78, 5) is 47.5. The van der Waals surface area contributed by atoms with E-state index in [-0.39, 0.29) is 35.6 Å². The quantitative estimate of drug-likeness (QED) is 0.433. The largest absolute Gasteiger partial charge is 0.444 e. The first kappa shape index (κ1) is 31.6. The fourth-order valence-electron chi connectivity index (χ4n) is 6.40. The number of halogens is 1. The van der Waals surface area contributed by atoms with E-state index in [0.717, 1.165) is 29.7 Å². The van der Waals surface area contributed by atoms with E-state index in [1.807, 2.05) is 57.7 Å². The number of likely N-dealkylation sites (tertiary alicyclic amines) is 1. The Morgan fingerprint density at radius 1 is 1.13 bits per heavy atom. The van der Waals surface area contributed by atoms with E-state index in [9.17, 15) is 19.5 Å². The van der Waals surface area contributed by atoms with Crippen molar-refractivity contribution < 1.29 is 24.2 Å². The number of carbonyl (C=O) groups excluding carboxylic acids is 2. The van der Waals surface area contributed by atoms with Crippen molar-refractivity contribution in [3.8, 4) is 5.69 Å². The average Bonchev–Trinajstić information content (AvgIpc) is 3.64. The van der Waals surface area contributed by atoms with Gasteiger partial charge in [0.15, 0.2) is 5.65 Å². The van der Waals surface area contributed by atoms with Gasteiger partial charge in [-0.25, -0.2) is 9.78 Å². The third-order valence-corrected chi connectivity index (χ3v) is 9.61. The van der Waals surface area contributed by atoms with E-state index in [4.69, 9.17) is 21.1 Å². The summed E-state index contributed by atoms with van der Waals surface area (Å²) >= 11 is 6.70. The fourth-order valence-corrected chi connectivity index (χ4v) is 6.69. The zero-order chi connectivity index (χ0) is 32.3. The Balaban J connectivity index is 1.22. The molecule has 3 aliphatic rings. The molecule has 2 saturated heterocycles. The van der Waals surface area contributed by atoms with Crippen LogP contribution >= 0.6 is 11.6 Å². The molecular formula is C33H42ClN5O6. The molecule has 3 aromatic rings. The topological polar surface area (TPSA) is 119 Å². The predicted molar refractivity (Wildman–Crippen MR) is 170 cm³/mol. The van der Waals surface area contributed by atoms with Crippen LogP contribution in [-0.2, 0) is 20.8 Å². The number of ether oxygens (including phenoxy) is 2. The van der Waals surface area contributed by atoms with Crippen LogP contribution in [0.25, 0.3) is 16.7 Å². The van der Waals surface area contributed by atoms with Crippen LogP contribution in [0.1, 0.15) is 70.5 Å². The van der Waals surface area contributed by atoms with Gasteiger partial charge in [-0.15, -0.1) is 0 Å². The molecule has 1 atom stereocenters. The Bertz CT molecular complexity index is 1700. The van der Waals surface area contributed by atoms with Crippen molar-refractivity contribution in [2.45, 2.75) is 84.1 Å². The number of amides is 2. The molecule has 0 bridgehead atoms. The summed E-state index contributed by atoms with van der Waals surface area (Å²) in [5.41, 5.74) is 0.730. The molecule has 2 aromatic heterocycles. The number of aryl methyl sites for hydroxylation is 1. The summed E-state index contributed by atoms with van der Waals surface area (Å²) in [6.07, 6.45) is 3.70. The lowest BCUT2D eigenvalue weighted by Gasteiger charge is -2.39. The molecule has 1 N–H and O–H groups in total. The number of piperidine rings is 1. The molecular weight excluding hydrogens is 598 g/mol. The molecule has 1 aliphatic carbocycles. The Hall–Kier alpha value is -3.41. The standard InChI is InChI=1S/C33H42ClN5O6/c1-21-16-22(6-7-23(21)25-18-44-15-14-38(25)30(42)45-31(2,3)4)39-26(34)17-24-27(39)35-20-37(28(24)40)19-33(43)10-12-36(13-11-33)29(41)32(5)8-9-32/h6-7,16-17,20,25,43H,8-15,18-19H2,1-5H3/t25-/m1/s1. The van der Waals surface area contributed by atoms with E-state index < -0.39 is 11.2 Å². The second-order valence-electron chi connectivity index (χ2n) is 14.1. The van der Waals surface area contributed by atoms with Gasteiger partial charge in [0.2, 0.25) is 5.91 Å². The van der Waals surface area contributed by atoms with Crippen LogP contribution in [-0.4, -0.2) is 85.1 Å². The highest BCUT2D eigenvalue weighted by Gasteiger charge is 2.48. The van der Waals surface area contributed by atoms with Crippen LogP contribution in [0.2, 0.25) is 5.15 Å². The minimum Gasteiger partial charge on any atom is -0.444 e. The summed E-state index contributed by atoms with van der Waals surface area (Å²) in [7, 11) is 0. The van der Waals surface area contributed by atoms with Gasteiger partial charge in [0.1, 0.15) is 17.1 Å². The number of rotatable bonds is 5. The number of benzene rings is 1. The van der Waals surface area contributed by atoms with Gasteiger partial charge in [-0.2, -0.15) is 0 Å². The SMILES string of the molecule is Cc1cc(-n2c(Cl)cc3c(=O)n(CC4(O)CCN(C(=O)C5(C)CC5)CC4)cnc32)ccc1[C@H]1COCCN1C(=O)OC(C)(C)C. The van der Waals surface area contributed by atoms with Gasteiger partial charge in [0.05, 0.1) is 36.8 Å². The zero-order valence-corrected chi connectivity index (χ0v) is 27.4. The van der Waals surface area contributed by atoms with Crippen molar-refractivity contribution in [1.82, 2.24) is 23.9 Å². The first-order valence-corrected chi connectivity index (χ1v) is 16.0. The molecule has 0 spiro atoms. The number of nitrogens with zero attached hydrogens (tertiary/aromatic N) is 5. The van der Waals surface area contributed by atoms with E-state index in [2.05, 4.69) is 4.98 Å². The molecule has 2 aliphatic heterocycles. The van der Waals surface area contributed by atoms with Crippen molar-refractivity contribution in [1.29, 1.82) is 0 Å². The van der Waals surface area contributed by atoms with Gasteiger partial charge < -0.3 is 19.5 Å². The van der Waals surface area contributed by atoms with Crippen LogP contribution < -0.4 is 5.56 Å². The monoisotopic (exact) mass is 639 g/mol. The van der Waals surface area contributed by atoms with Crippen LogP contribution in [0.15, 0.2) is 35.4 Å². The highest BCUT2D eigenvalue weighted by atomic mass is 35.5. The highest BCUT2D eigenvalue weighted by Crippen LogP contribution is 2.47. The average molecular weight is 640 g/mol. The van der Waals surface area contributed by atoms with Gasteiger partial charge in [0.25, 0.3) is 5.56 Å². The molecule has 2 amide bonds. The number of hydrogen-bond donors (Lipinski definition) is 1. The summed E-state index contributed by atoms with van der Waals surface area (Å²) < 4.78 is 14.6. The molecule has 45 heavy (non-hydrogen) atoms. The van der Waals surface area contributed by atoms with Crippen molar-refractivity contribution in [2.75, 3.05) is 32.8 Å². The Labute approximate surface area is 267 Å². The summed E-state index contributed by atoms with van der Waals surface area (Å²) in [6, 6.07) is 7.09. The van der Waals surface area contributed by atoms with Crippen molar-refractivity contribution in [3.05, 3.63) is 57.2 Å². The number of fused-ring (bicyclic) bond motifs is 1. The van der Waals surface area contributed by atoms with Crippen LogP contribution in [0, 0.1) is 12.3 Å². The van der Waals surface area contributed by atoms with E-state index in [1.165, 1.54) is 10.9 Å². The Morgan fingerprint density at radius 3 is 2.49 bits per heavy atom. The highest BCUT2D eigenvalue weighted by molar-refractivity contribution is 6.31. The lowest BCUT2D eigenvalue weighted by atomic mass is 9.90. The second-order valence-corrected chi connectivity index (χ2v) is 14.5. The lowest BCUT2D eigenvalue weighted by Crippen LogP contribution is -2.51. The maximum Gasteiger partial charge on any atom is 0.410 e. The minimum absolute atomic E-state index is 0.0856. The number of morpholine rings is 1. The molecule has 12 heteroatoms. The molecule has 11 nitrogen and oxygen atoms in total. The summed E-state index contributed by atoms with van der Waals surface area (Å²) in [6.45, 7) is 11.7. The molecule has 4 heterocycles. The molecule has 6 rings (SSSR count). The van der Waals surface area contributed by atoms with Crippen LogP contribution in [0.5, 0.6) is 0 Å². The Kier molecular flexibility index (Phi) is 8.02. The maximum absolute atomic E-state index is 13.6. The smallest absolute Gasteiger partial charge is 0.410 e. The fraction of sp³-hybridized carbons (Fsp3) is 0.576. The van der Waals surface area contributed by atoms with E-state index in [0.29, 0.717) is 61.9 Å². The lowest BCUT2D eigenvalue weighted by molar-refractivity contribution is -0.141. The van der Waals surface area contributed by atoms with Gasteiger partial charge >= 0.3 is 6.09 Å². The molecule has 242 valence electrons. The molecule has 1 saturated carbocycles. The first-order chi connectivity index (χ1) is 21.2. The van der Waals surface area contributed by atoms with E-state index in [1.54, 1.807) is 15.5 Å². The first-order valence-electron chi connectivity index (χ1n) is 15.6. The van der Waals surface area contributed by atoms with Crippen molar-refractivity contribution >= 4 is 34.6 Å². The molecule has 0 radical (unpaired) electrons. The van der Waals surface area contributed by atoms with Crippen LogP contribution in [0.4, 0.5) is 4.79 Å². The van der Waals surface area contributed by atoms with Crippen molar-refractivity contribution in [3.63, 3.8) is 0 Å². The number of hydrogen-bond acceptors (Lipinski definition) is 7. The van der Waals surface area contributed by atoms with Gasteiger partial charge in [-0.3, -0.25) is 23.6 Å². The second kappa shape index (κ2) is 11.4. The van der Waals surface area contributed by atoms with Gasteiger partial charge in [-0.1, -0.05) is 24.6 Å². The molecule has 0 unspecified atom stereocenters. The third-order valence-electron chi connectivity index (χ3n) is 9.33. The van der Waals surface area contributed by atoms with Gasteiger partial charge in [0, 0.05) is 30.7 Å². The van der Waals surface area contributed by atoms with Crippen LogP contribution in [0.3, 0.4) is 0 Å². The number of carbonyl (C=O) groups is 2. The van der Waals surface area contributed by atoms with E-state index >= 15 is 0 Å². The summed E-state index contributed by atoms with van der Waals surface area (Å²) in [5.74, 6) is 0.163. The minimum atomic E-state index is -1.12. The Morgan fingerprint density at radius 2 is 1.84 bits per heavy atom. The normalized spacial score (nSPS) is 21.2. The zero-order valence-electron chi connectivity index (χ0n) is 26.6. The molecule has 1 aromatic carbocycles. The third kappa shape index (κ3) is 6.22. The van der Waals surface area contributed by atoms with Crippen molar-refractivity contribution in [2.24, 2.45) is 5.41 Å². The number of aliphatic hydroxyl groups is 1. The predicted octanol–water partition coefficient (Wildman–Crippen LogP) is 4.61. The molecule has 3 fully saturated rings. The van der Waals surface area contributed by atoms with Gasteiger partial charge in [-0.05, 0) is 82.7 Å². The number of aromatic nitrogens is 3.